The minimum absolute atomic E-state index is 0.0908. The molecule has 18 heavy (non-hydrogen) atoms. The average molecular weight is 245 g/mol. The molecule has 0 saturated heterocycles. The van der Waals surface area contributed by atoms with Crippen LogP contribution in [-0.2, 0) is 6.54 Å². The highest BCUT2D eigenvalue weighted by atomic mass is 16.5. The highest BCUT2D eigenvalue weighted by Gasteiger charge is 2.06. The molecule has 1 aromatic heterocycles. The molecule has 5 nitrogen and oxygen atoms in total. The van der Waals surface area contributed by atoms with E-state index < -0.39 is 0 Å². The normalized spacial score (nSPS) is 10.3. The highest BCUT2D eigenvalue weighted by Crippen LogP contribution is 2.21. The first-order valence-electron chi connectivity index (χ1n) is 5.55. The zero-order valence-corrected chi connectivity index (χ0v) is 10.4. The molecule has 0 radical (unpaired) electrons. The molecule has 0 bridgehead atoms. The molecule has 1 heterocycles. The van der Waals surface area contributed by atoms with Crippen LogP contribution >= 0.6 is 0 Å². The molecule has 0 unspecified atom stereocenters. The van der Waals surface area contributed by atoms with Crippen molar-refractivity contribution in [1.82, 2.24) is 9.55 Å². The molecule has 1 aromatic carbocycles. The largest absolute Gasteiger partial charge is 0.496 e. The van der Waals surface area contributed by atoms with Gasteiger partial charge in [-0.15, -0.1) is 0 Å². The van der Waals surface area contributed by atoms with Crippen LogP contribution in [0.1, 0.15) is 11.3 Å². The summed E-state index contributed by atoms with van der Waals surface area (Å²) < 4.78 is 6.76. The van der Waals surface area contributed by atoms with E-state index in [0.717, 1.165) is 5.56 Å². The Morgan fingerprint density at radius 3 is 2.83 bits per heavy atom. The van der Waals surface area contributed by atoms with Gasteiger partial charge in [-0.1, -0.05) is 0 Å². The first kappa shape index (κ1) is 12.2. The van der Waals surface area contributed by atoms with E-state index in [9.17, 15) is 4.79 Å². The zero-order chi connectivity index (χ0) is 13.1. The number of benzene rings is 1. The summed E-state index contributed by atoms with van der Waals surface area (Å²) in [6.45, 7) is 2.17. The van der Waals surface area contributed by atoms with Gasteiger partial charge in [0.2, 0.25) is 0 Å². The standard InChI is InChI=1S/C13H15N3O2/c1-9-5-13(17)16(8-15-9)7-10-6-11(14)3-4-12(10)18-2/h3-6,8H,7,14H2,1-2H3. The van der Waals surface area contributed by atoms with Crippen molar-refractivity contribution in [2.45, 2.75) is 13.5 Å². The lowest BCUT2D eigenvalue weighted by Gasteiger charge is -2.10. The molecule has 0 fully saturated rings. The monoisotopic (exact) mass is 245 g/mol. The molecule has 0 aliphatic heterocycles. The van der Waals surface area contributed by atoms with Gasteiger partial charge >= 0.3 is 0 Å². The number of methoxy groups -OCH3 is 1. The Labute approximate surface area is 105 Å². The van der Waals surface area contributed by atoms with Gasteiger partial charge in [0, 0.05) is 23.0 Å². The summed E-state index contributed by atoms with van der Waals surface area (Å²) in [5.41, 5.74) is 7.84. The Morgan fingerprint density at radius 1 is 1.39 bits per heavy atom. The van der Waals surface area contributed by atoms with Crippen LogP contribution in [0, 0.1) is 6.92 Å². The minimum Gasteiger partial charge on any atom is -0.496 e. The van der Waals surface area contributed by atoms with E-state index in [2.05, 4.69) is 4.98 Å². The predicted molar refractivity (Wildman–Crippen MR) is 69.7 cm³/mol. The number of hydrogen-bond donors (Lipinski definition) is 1. The zero-order valence-electron chi connectivity index (χ0n) is 10.4. The van der Waals surface area contributed by atoms with Crippen LogP contribution in [0.2, 0.25) is 0 Å². The summed E-state index contributed by atoms with van der Waals surface area (Å²) >= 11 is 0. The fraction of sp³-hybridized carbons (Fsp3) is 0.231. The molecule has 0 aliphatic carbocycles. The number of nitrogens with zero attached hydrogens (tertiary/aromatic N) is 2. The maximum absolute atomic E-state index is 11.8. The Hall–Kier alpha value is -2.30. The van der Waals surface area contributed by atoms with Crippen molar-refractivity contribution in [3.05, 3.63) is 52.2 Å². The van der Waals surface area contributed by atoms with Crippen molar-refractivity contribution in [3.8, 4) is 5.75 Å². The lowest BCUT2D eigenvalue weighted by molar-refractivity contribution is 0.408. The number of aryl methyl sites for hydroxylation is 1. The number of nitrogen functional groups attached to an aromatic ring is 1. The molecule has 0 atom stereocenters. The van der Waals surface area contributed by atoms with E-state index in [1.165, 1.54) is 17.0 Å². The van der Waals surface area contributed by atoms with Crippen molar-refractivity contribution in [2.75, 3.05) is 12.8 Å². The van der Waals surface area contributed by atoms with Crippen molar-refractivity contribution in [1.29, 1.82) is 0 Å². The maximum atomic E-state index is 11.8. The summed E-state index contributed by atoms with van der Waals surface area (Å²) in [6.07, 6.45) is 1.53. The Balaban J connectivity index is 2.39. The van der Waals surface area contributed by atoms with E-state index in [1.807, 2.05) is 0 Å². The smallest absolute Gasteiger partial charge is 0.253 e. The molecule has 5 heteroatoms. The fourth-order valence-electron chi connectivity index (χ4n) is 1.74. The number of anilines is 1. The summed E-state index contributed by atoms with van der Waals surface area (Å²) in [7, 11) is 1.59. The molecule has 0 amide bonds. The van der Waals surface area contributed by atoms with Gasteiger partial charge in [0.1, 0.15) is 5.75 Å². The molecular formula is C13H15N3O2. The quantitative estimate of drug-likeness (QED) is 0.825. The maximum Gasteiger partial charge on any atom is 0.253 e. The molecule has 0 saturated carbocycles. The van der Waals surface area contributed by atoms with Crippen LogP contribution in [0.25, 0.3) is 0 Å². The Kier molecular flexibility index (Phi) is 3.32. The van der Waals surface area contributed by atoms with E-state index in [0.29, 0.717) is 23.7 Å². The summed E-state index contributed by atoms with van der Waals surface area (Å²) in [4.78, 5) is 15.9. The van der Waals surface area contributed by atoms with Gasteiger partial charge in [0.25, 0.3) is 5.56 Å². The van der Waals surface area contributed by atoms with Gasteiger partial charge in [0.05, 0.1) is 20.0 Å². The molecule has 2 aromatic rings. The first-order chi connectivity index (χ1) is 8.60. The average Bonchev–Trinajstić information content (AvgIpc) is 2.33. The van der Waals surface area contributed by atoms with Crippen LogP contribution < -0.4 is 16.0 Å². The van der Waals surface area contributed by atoms with Crippen LogP contribution in [0.3, 0.4) is 0 Å². The second kappa shape index (κ2) is 4.91. The number of rotatable bonds is 3. The fourth-order valence-corrected chi connectivity index (χ4v) is 1.74. The third-order valence-electron chi connectivity index (χ3n) is 2.66. The molecule has 0 aliphatic rings. The van der Waals surface area contributed by atoms with Gasteiger partial charge in [-0.2, -0.15) is 0 Å². The lowest BCUT2D eigenvalue weighted by Crippen LogP contribution is -2.20. The van der Waals surface area contributed by atoms with Crippen LogP contribution in [0.5, 0.6) is 5.75 Å². The number of ether oxygens (including phenoxy) is 1. The van der Waals surface area contributed by atoms with E-state index in [-0.39, 0.29) is 5.56 Å². The second-order valence-electron chi connectivity index (χ2n) is 4.07. The van der Waals surface area contributed by atoms with Crippen LogP contribution in [-0.4, -0.2) is 16.7 Å². The van der Waals surface area contributed by atoms with Gasteiger partial charge in [-0.05, 0) is 25.1 Å². The van der Waals surface area contributed by atoms with Crippen molar-refractivity contribution >= 4 is 5.69 Å². The van der Waals surface area contributed by atoms with Crippen molar-refractivity contribution in [2.24, 2.45) is 0 Å². The summed E-state index contributed by atoms with van der Waals surface area (Å²) in [5, 5.41) is 0. The SMILES string of the molecule is COc1ccc(N)cc1Cn1cnc(C)cc1=O. The molecule has 0 spiro atoms. The third kappa shape index (κ3) is 2.51. The Morgan fingerprint density at radius 2 is 2.17 bits per heavy atom. The van der Waals surface area contributed by atoms with Gasteiger partial charge < -0.3 is 10.5 Å². The predicted octanol–water partition coefficient (Wildman–Crippen LogP) is 1.19. The molecule has 2 N–H and O–H groups in total. The van der Waals surface area contributed by atoms with Crippen molar-refractivity contribution in [3.63, 3.8) is 0 Å². The molecular weight excluding hydrogens is 230 g/mol. The van der Waals surface area contributed by atoms with E-state index in [4.69, 9.17) is 10.5 Å². The van der Waals surface area contributed by atoms with Gasteiger partial charge in [0.15, 0.2) is 0 Å². The number of hydrogen-bond acceptors (Lipinski definition) is 4. The van der Waals surface area contributed by atoms with E-state index in [1.54, 1.807) is 32.2 Å². The van der Waals surface area contributed by atoms with Gasteiger partial charge in [-0.25, -0.2) is 4.98 Å². The van der Waals surface area contributed by atoms with Crippen LogP contribution in [0.15, 0.2) is 35.4 Å². The summed E-state index contributed by atoms with van der Waals surface area (Å²) in [5.74, 6) is 0.705. The minimum atomic E-state index is -0.0908. The number of nitrogens with two attached hydrogens (primary N) is 1. The number of aromatic nitrogens is 2. The first-order valence-corrected chi connectivity index (χ1v) is 5.55. The van der Waals surface area contributed by atoms with E-state index >= 15 is 0 Å². The second-order valence-corrected chi connectivity index (χ2v) is 4.07. The van der Waals surface area contributed by atoms with Crippen molar-refractivity contribution < 1.29 is 4.74 Å². The summed E-state index contributed by atoms with van der Waals surface area (Å²) in [6, 6.07) is 6.85. The van der Waals surface area contributed by atoms with Gasteiger partial charge in [-0.3, -0.25) is 9.36 Å². The van der Waals surface area contributed by atoms with Crippen LogP contribution in [0.4, 0.5) is 5.69 Å². The topological polar surface area (TPSA) is 70.1 Å². The third-order valence-corrected chi connectivity index (χ3v) is 2.66. The molecule has 94 valence electrons. The Bertz CT molecular complexity index is 620. The molecule has 2 rings (SSSR count). The lowest BCUT2D eigenvalue weighted by atomic mass is 10.1. The highest BCUT2D eigenvalue weighted by molar-refractivity contribution is 5.47.